The van der Waals surface area contributed by atoms with Gasteiger partial charge in [-0.1, -0.05) is 35.5 Å². The third-order valence-electron chi connectivity index (χ3n) is 4.72. The molecule has 1 aliphatic heterocycles. The molecule has 0 aromatic heterocycles. The maximum atomic E-state index is 13.2. The largest absolute Gasteiger partial charge is 0.383 e. The van der Waals surface area contributed by atoms with Crippen LogP contribution in [0.5, 0.6) is 0 Å². The zero-order valence-electron chi connectivity index (χ0n) is 16.2. The Balaban J connectivity index is 1.68. The van der Waals surface area contributed by atoms with E-state index in [1.807, 2.05) is 36.4 Å². The molecule has 152 valence electrons. The zero-order valence-corrected chi connectivity index (χ0v) is 17.8. The van der Waals surface area contributed by atoms with Crippen molar-refractivity contribution in [3.05, 3.63) is 82.9 Å². The van der Waals surface area contributed by atoms with E-state index in [1.165, 1.54) is 11.8 Å². The van der Waals surface area contributed by atoms with E-state index in [0.717, 1.165) is 15.5 Å². The molecule has 3 aromatic rings. The van der Waals surface area contributed by atoms with Gasteiger partial charge in [-0.25, -0.2) is 0 Å². The van der Waals surface area contributed by atoms with Gasteiger partial charge in [-0.15, -0.1) is 0 Å². The lowest BCUT2D eigenvalue weighted by atomic mass is 10.1. The van der Waals surface area contributed by atoms with Crippen LogP contribution in [0, 0.1) is 0 Å². The molecule has 7 heteroatoms. The normalized spacial score (nSPS) is 12.7. The average Bonchev–Trinajstić information content (AvgIpc) is 2.86. The van der Waals surface area contributed by atoms with Crippen molar-refractivity contribution in [3.63, 3.8) is 0 Å². The number of rotatable bonds is 5. The minimum absolute atomic E-state index is 0.0631. The Bertz CT molecular complexity index is 1100. The van der Waals surface area contributed by atoms with E-state index in [0.29, 0.717) is 35.0 Å². The Morgan fingerprint density at radius 2 is 1.83 bits per heavy atom. The predicted octanol–water partition coefficient (Wildman–Crippen LogP) is 5.35. The van der Waals surface area contributed by atoms with Crippen molar-refractivity contribution in [3.8, 4) is 0 Å². The molecule has 0 fully saturated rings. The van der Waals surface area contributed by atoms with Gasteiger partial charge in [0.15, 0.2) is 0 Å². The summed E-state index contributed by atoms with van der Waals surface area (Å²) in [7, 11) is 1.61. The number of hydrogen-bond donors (Lipinski definition) is 1. The second-order valence-corrected chi connectivity index (χ2v) is 8.21. The van der Waals surface area contributed by atoms with E-state index in [1.54, 1.807) is 42.3 Å². The van der Waals surface area contributed by atoms with Crippen LogP contribution in [0.4, 0.5) is 11.4 Å². The fraction of sp³-hybridized carbons (Fsp3) is 0.130. The number of ether oxygens (including phenoxy) is 1. The number of carbonyl (C=O) groups is 2. The van der Waals surface area contributed by atoms with Gasteiger partial charge in [0.25, 0.3) is 11.8 Å². The van der Waals surface area contributed by atoms with Gasteiger partial charge in [0, 0.05) is 39.7 Å². The molecule has 1 N–H and O–H groups in total. The van der Waals surface area contributed by atoms with Crippen molar-refractivity contribution in [2.45, 2.75) is 9.79 Å². The van der Waals surface area contributed by atoms with Crippen LogP contribution in [0.15, 0.2) is 76.5 Å². The maximum absolute atomic E-state index is 13.2. The van der Waals surface area contributed by atoms with Crippen LogP contribution in [0.25, 0.3) is 0 Å². The van der Waals surface area contributed by atoms with Crippen LogP contribution in [0.1, 0.15) is 20.7 Å². The molecule has 0 radical (unpaired) electrons. The first-order chi connectivity index (χ1) is 14.6. The molecule has 0 aliphatic carbocycles. The minimum Gasteiger partial charge on any atom is -0.383 e. The van der Waals surface area contributed by atoms with Crippen LogP contribution in [0.2, 0.25) is 5.02 Å². The summed E-state index contributed by atoms with van der Waals surface area (Å²) in [6.07, 6.45) is 0. The first-order valence-corrected chi connectivity index (χ1v) is 10.5. The third kappa shape index (κ3) is 4.21. The van der Waals surface area contributed by atoms with E-state index in [9.17, 15) is 9.59 Å². The summed E-state index contributed by atoms with van der Waals surface area (Å²) in [6, 6.07) is 19.8. The number of nitrogens with zero attached hydrogens (tertiary/aromatic N) is 1. The topological polar surface area (TPSA) is 58.6 Å². The van der Waals surface area contributed by atoms with Crippen LogP contribution < -0.4 is 10.2 Å². The molecule has 0 bridgehead atoms. The Labute approximate surface area is 184 Å². The Kier molecular flexibility index (Phi) is 6.08. The van der Waals surface area contributed by atoms with Crippen LogP contribution in [0.3, 0.4) is 0 Å². The molecule has 30 heavy (non-hydrogen) atoms. The molecule has 5 nitrogen and oxygen atoms in total. The van der Waals surface area contributed by atoms with E-state index in [-0.39, 0.29) is 11.8 Å². The highest BCUT2D eigenvalue weighted by Crippen LogP contribution is 2.42. The van der Waals surface area contributed by atoms with Crippen LogP contribution in [-0.4, -0.2) is 32.1 Å². The number of amides is 2. The van der Waals surface area contributed by atoms with Gasteiger partial charge in [-0.3, -0.25) is 9.59 Å². The molecular formula is C23H19ClN2O3S. The smallest absolute Gasteiger partial charge is 0.259 e. The van der Waals surface area contributed by atoms with Crippen molar-refractivity contribution >= 4 is 46.6 Å². The summed E-state index contributed by atoms with van der Waals surface area (Å²) >= 11 is 7.41. The van der Waals surface area contributed by atoms with Gasteiger partial charge in [-0.05, 0) is 54.6 Å². The molecular weight excluding hydrogens is 420 g/mol. The number of methoxy groups -OCH3 is 1. The first kappa shape index (κ1) is 20.5. The Morgan fingerprint density at radius 3 is 2.60 bits per heavy atom. The quantitative estimate of drug-likeness (QED) is 0.583. The van der Waals surface area contributed by atoms with Gasteiger partial charge in [-0.2, -0.15) is 0 Å². The number of halogens is 1. The number of nitrogens with one attached hydrogen (secondary N) is 1. The van der Waals surface area contributed by atoms with Crippen molar-refractivity contribution < 1.29 is 14.3 Å². The lowest BCUT2D eigenvalue weighted by Crippen LogP contribution is -2.33. The third-order valence-corrected chi connectivity index (χ3v) is 6.09. The van der Waals surface area contributed by atoms with Crippen molar-refractivity contribution in [2.24, 2.45) is 0 Å². The Hall–Kier alpha value is -2.80. The highest BCUT2D eigenvalue weighted by atomic mass is 35.5. The molecule has 0 saturated heterocycles. The number of carbonyl (C=O) groups excluding carboxylic acids is 2. The lowest BCUT2D eigenvalue weighted by molar-refractivity contribution is 0.0972. The van der Waals surface area contributed by atoms with Gasteiger partial charge in [0.1, 0.15) is 0 Å². The van der Waals surface area contributed by atoms with Gasteiger partial charge < -0.3 is 15.0 Å². The summed E-state index contributed by atoms with van der Waals surface area (Å²) < 4.78 is 5.20. The molecule has 0 saturated carbocycles. The molecule has 2 amide bonds. The molecule has 4 rings (SSSR count). The van der Waals surface area contributed by atoms with E-state index in [2.05, 4.69) is 5.32 Å². The Morgan fingerprint density at radius 1 is 1.07 bits per heavy atom. The van der Waals surface area contributed by atoms with Crippen molar-refractivity contribution in [1.29, 1.82) is 0 Å². The molecule has 1 heterocycles. The number of benzene rings is 3. The standard InChI is InChI=1S/C23H19ClN2O3S/c1-29-13-12-26-19-11-10-17(25-22(27)15-6-8-16(24)9-7-15)14-21(19)30-20-5-3-2-4-18(20)23(26)28/h2-11,14H,12-13H2,1H3,(H,25,27). The van der Waals surface area contributed by atoms with Gasteiger partial charge in [0.2, 0.25) is 0 Å². The minimum atomic E-state index is -0.224. The van der Waals surface area contributed by atoms with Crippen molar-refractivity contribution in [2.75, 3.05) is 30.5 Å². The fourth-order valence-corrected chi connectivity index (χ4v) is 4.45. The number of anilines is 2. The van der Waals surface area contributed by atoms with Gasteiger partial charge >= 0.3 is 0 Å². The summed E-state index contributed by atoms with van der Waals surface area (Å²) in [5, 5.41) is 3.49. The molecule has 1 aliphatic rings. The van der Waals surface area contributed by atoms with E-state index in [4.69, 9.17) is 16.3 Å². The SMILES string of the molecule is COCCN1C(=O)c2ccccc2Sc2cc(NC(=O)c3ccc(Cl)cc3)ccc21. The molecule has 0 spiro atoms. The molecule has 3 aromatic carbocycles. The van der Waals surface area contributed by atoms with Crippen LogP contribution in [-0.2, 0) is 4.74 Å². The van der Waals surface area contributed by atoms with Crippen LogP contribution >= 0.6 is 23.4 Å². The highest BCUT2D eigenvalue weighted by Gasteiger charge is 2.27. The monoisotopic (exact) mass is 438 g/mol. The maximum Gasteiger partial charge on any atom is 0.259 e. The summed E-state index contributed by atoms with van der Waals surface area (Å²) in [6.45, 7) is 0.862. The fourth-order valence-electron chi connectivity index (χ4n) is 3.21. The first-order valence-electron chi connectivity index (χ1n) is 9.35. The molecule has 0 unspecified atom stereocenters. The lowest BCUT2D eigenvalue weighted by Gasteiger charge is -2.23. The van der Waals surface area contributed by atoms with Gasteiger partial charge in [0.05, 0.1) is 17.9 Å². The number of hydrogen-bond acceptors (Lipinski definition) is 4. The zero-order chi connectivity index (χ0) is 21.1. The second kappa shape index (κ2) is 8.92. The average molecular weight is 439 g/mol. The molecule has 0 atom stereocenters. The van der Waals surface area contributed by atoms with Crippen molar-refractivity contribution in [1.82, 2.24) is 0 Å². The van der Waals surface area contributed by atoms with E-state index < -0.39 is 0 Å². The summed E-state index contributed by atoms with van der Waals surface area (Å²) in [4.78, 5) is 29.2. The highest BCUT2D eigenvalue weighted by molar-refractivity contribution is 7.99. The van der Waals surface area contributed by atoms with E-state index >= 15 is 0 Å². The number of fused-ring (bicyclic) bond motifs is 2. The second-order valence-electron chi connectivity index (χ2n) is 6.69. The predicted molar refractivity (Wildman–Crippen MR) is 120 cm³/mol. The summed E-state index contributed by atoms with van der Waals surface area (Å²) in [5.41, 5.74) is 2.62. The summed E-state index contributed by atoms with van der Waals surface area (Å²) in [5.74, 6) is -0.287.